The van der Waals surface area contributed by atoms with Crippen molar-refractivity contribution in [3.63, 3.8) is 0 Å². The van der Waals surface area contributed by atoms with Crippen molar-refractivity contribution < 1.29 is 9.90 Å². The van der Waals surface area contributed by atoms with Gasteiger partial charge in [0.25, 0.3) is 5.56 Å². The van der Waals surface area contributed by atoms with E-state index in [0.717, 1.165) is 17.8 Å². The van der Waals surface area contributed by atoms with Crippen molar-refractivity contribution in [2.75, 3.05) is 0 Å². The Morgan fingerprint density at radius 3 is 2.86 bits per heavy atom. The number of aromatic carboxylic acids is 1. The number of carbonyl (C=O) groups is 1. The highest BCUT2D eigenvalue weighted by atomic mass is 16.4. The topological polar surface area (TPSA) is 100 Å². The number of fused-ring (bicyclic) bond motifs is 3. The van der Waals surface area contributed by atoms with Crippen molar-refractivity contribution in [1.82, 2.24) is 19.6 Å². The smallest absolute Gasteiger partial charge is 0.336 e. The first-order chi connectivity index (χ1) is 10.5. The van der Waals surface area contributed by atoms with Gasteiger partial charge in [-0.15, -0.1) is 10.2 Å². The lowest BCUT2D eigenvalue weighted by molar-refractivity contribution is 0.0696. The third-order valence-corrected chi connectivity index (χ3v) is 4.16. The van der Waals surface area contributed by atoms with E-state index in [4.69, 9.17) is 0 Å². The maximum atomic E-state index is 12.1. The number of benzene rings is 1. The molecule has 22 heavy (non-hydrogen) atoms. The monoisotopic (exact) mass is 298 g/mol. The number of carboxylic acid groups (broad SMARTS) is 1. The molecule has 1 aliphatic carbocycles. The van der Waals surface area contributed by atoms with Gasteiger partial charge in [-0.2, -0.15) is 0 Å². The highest BCUT2D eigenvalue weighted by Crippen LogP contribution is 2.32. The van der Waals surface area contributed by atoms with Crippen LogP contribution in [0.5, 0.6) is 0 Å². The first-order valence-corrected chi connectivity index (χ1v) is 7.18. The molecule has 2 N–H and O–H groups in total. The van der Waals surface area contributed by atoms with Gasteiger partial charge in [-0.1, -0.05) is 0 Å². The van der Waals surface area contributed by atoms with Gasteiger partial charge < -0.3 is 10.1 Å². The molecule has 7 nitrogen and oxygen atoms in total. The summed E-state index contributed by atoms with van der Waals surface area (Å²) in [5.41, 5.74) is 1.93. The van der Waals surface area contributed by atoms with Crippen LogP contribution in [0.3, 0.4) is 0 Å². The lowest BCUT2D eigenvalue weighted by Gasteiger charge is -2.08. The Kier molecular flexibility index (Phi) is 2.60. The van der Waals surface area contributed by atoms with E-state index in [-0.39, 0.29) is 16.8 Å². The number of nitrogens with zero attached hydrogens (tertiary/aromatic N) is 3. The molecule has 0 spiro atoms. The summed E-state index contributed by atoms with van der Waals surface area (Å²) < 4.78 is 1.76. The van der Waals surface area contributed by atoms with Crippen LogP contribution in [0, 0.1) is 12.8 Å². The minimum absolute atomic E-state index is 0.180. The van der Waals surface area contributed by atoms with Gasteiger partial charge in [-0.05, 0) is 43.4 Å². The summed E-state index contributed by atoms with van der Waals surface area (Å²) >= 11 is 0. The molecule has 4 rings (SSSR count). The van der Waals surface area contributed by atoms with E-state index in [1.807, 2.05) is 0 Å². The fraction of sp³-hybridized carbons (Fsp3) is 0.333. The second kappa shape index (κ2) is 4.40. The fourth-order valence-corrected chi connectivity index (χ4v) is 2.82. The largest absolute Gasteiger partial charge is 0.478 e. The minimum Gasteiger partial charge on any atom is -0.478 e. The zero-order valence-electron chi connectivity index (χ0n) is 12.0. The molecule has 0 unspecified atom stereocenters. The average molecular weight is 298 g/mol. The number of carboxylic acids is 1. The van der Waals surface area contributed by atoms with Crippen LogP contribution in [0.4, 0.5) is 0 Å². The molecular formula is C15H14N4O3. The normalized spacial score (nSPS) is 14.8. The molecule has 0 atom stereocenters. The van der Waals surface area contributed by atoms with Crippen LogP contribution in [0.1, 0.15) is 34.6 Å². The standard InChI is InChI=1S/C15H14N4O3/c1-7-4-11-10(6-9(7)15(21)22)16-14(20)13-18-17-12(19(11)13)5-8-2-3-8/h4,6,8H,2-3,5H2,1H3,(H,16,20)(H,21,22). The maximum absolute atomic E-state index is 12.1. The second-order valence-electron chi connectivity index (χ2n) is 5.87. The first kappa shape index (κ1) is 13.0. The summed E-state index contributed by atoms with van der Waals surface area (Å²) in [4.78, 5) is 26.1. The van der Waals surface area contributed by atoms with Crippen molar-refractivity contribution in [2.45, 2.75) is 26.2 Å². The van der Waals surface area contributed by atoms with E-state index in [1.54, 1.807) is 17.4 Å². The third kappa shape index (κ3) is 1.89. The van der Waals surface area contributed by atoms with Gasteiger partial charge in [-0.25, -0.2) is 4.79 Å². The number of rotatable bonds is 3. The zero-order valence-corrected chi connectivity index (χ0v) is 12.0. The molecule has 1 aromatic carbocycles. The Balaban J connectivity index is 2.07. The summed E-state index contributed by atoms with van der Waals surface area (Å²) in [7, 11) is 0. The molecular weight excluding hydrogens is 284 g/mol. The fourth-order valence-electron chi connectivity index (χ4n) is 2.82. The van der Waals surface area contributed by atoms with Crippen LogP contribution in [0.15, 0.2) is 16.9 Å². The van der Waals surface area contributed by atoms with E-state index in [1.165, 1.54) is 18.9 Å². The van der Waals surface area contributed by atoms with E-state index in [2.05, 4.69) is 15.2 Å². The van der Waals surface area contributed by atoms with Gasteiger partial charge in [0.2, 0.25) is 5.65 Å². The Morgan fingerprint density at radius 2 is 2.18 bits per heavy atom. The van der Waals surface area contributed by atoms with Gasteiger partial charge in [-0.3, -0.25) is 9.20 Å². The molecule has 0 saturated heterocycles. The van der Waals surface area contributed by atoms with E-state index in [9.17, 15) is 14.7 Å². The average Bonchev–Trinajstić information content (AvgIpc) is 3.17. The summed E-state index contributed by atoms with van der Waals surface area (Å²) in [5, 5.41) is 17.4. The predicted molar refractivity (Wildman–Crippen MR) is 79.2 cm³/mol. The molecule has 2 heterocycles. The van der Waals surface area contributed by atoms with Gasteiger partial charge in [0.1, 0.15) is 5.82 Å². The molecule has 0 amide bonds. The number of H-pyrrole nitrogens is 1. The van der Waals surface area contributed by atoms with Gasteiger partial charge >= 0.3 is 5.97 Å². The third-order valence-electron chi connectivity index (χ3n) is 4.16. The van der Waals surface area contributed by atoms with Gasteiger partial charge in [0.15, 0.2) is 0 Å². The summed E-state index contributed by atoms with van der Waals surface area (Å²) in [6, 6.07) is 3.26. The number of aromatic amines is 1. The molecule has 1 fully saturated rings. The molecule has 1 saturated carbocycles. The molecule has 1 aliphatic rings. The van der Waals surface area contributed by atoms with E-state index in [0.29, 0.717) is 17.0 Å². The molecule has 7 heteroatoms. The molecule has 0 radical (unpaired) electrons. The Bertz CT molecular complexity index is 982. The Hall–Kier alpha value is -2.70. The molecule has 2 aromatic heterocycles. The Morgan fingerprint density at radius 1 is 1.41 bits per heavy atom. The number of aryl methyl sites for hydroxylation is 1. The van der Waals surface area contributed by atoms with Crippen LogP contribution in [0.25, 0.3) is 16.7 Å². The zero-order chi connectivity index (χ0) is 15.4. The summed E-state index contributed by atoms with van der Waals surface area (Å²) in [5.74, 6) is 0.361. The molecule has 0 bridgehead atoms. The highest BCUT2D eigenvalue weighted by molar-refractivity contribution is 5.94. The number of hydrogen-bond acceptors (Lipinski definition) is 4. The number of nitrogens with one attached hydrogen (secondary N) is 1. The summed E-state index contributed by atoms with van der Waals surface area (Å²) in [6.07, 6.45) is 3.15. The van der Waals surface area contributed by atoms with Gasteiger partial charge in [0.05, 0.1) is 16.6 Å². The molecule has 0 aliphatic heterocycles. The maximum Gasteiger partial charge on any atom is 0.336 e. The molecule has 3 aromatic rings. The Labute approximate surface area is 124 Å². The predicted octanol–water partition coefficient (Wildman–Crippen LogP) is 1.53. The van der Waals surface area contributed by atoms with E-state index < -0.39 is 5.97 Å². The van der Waals surface area contributed by atoms with Crippen LogP contribution < -0.4 is 5.56 Å². The number of aromatic nitrogens is 4. The van der Waals surface area contributed by atoms with Crippen LogP contribution >= 0.6 is 0 Å². The number of hydrogen-bond donors (Lipinski definition) is 2. The van der Waals surface area contributed by atoms with Crippen LogP contribution in [-0.4, -0.2) is 30.7 Å². The lowest BCUT2D eigenvalue weighted by atomic mass is 10.1. The second-order valence-corrected chi connectivity index (χ2v) is 5.87. The summed E-state index contributed by atoms with van der Waals surface area (Å²) in [6.45, 7) is 1.74. The quantitative estimate of drug-likeness (QED) is 0.763. The van der Waals surface area contributed by atoms with Crippen molar-refractivity contribution >= 4 is 22.6 Å². The lowest BCUT2D eigenvalue weighted by Crippen LogP contribution is -2.13. The minimum atomic E-state index is -1.01. The van der Waals surface area contributed by atoms with Crippen LogP contribution in [-0.2, 0) is 6.42 Å². The van der Waals surface area contributed by atoms with E-state index >= 15 is 0 Å². The van der Waals surface area contributed by atoms with Crippen molar-refractivity contribution in [3.8, 4) is 0 Å². The highest BCUT2D eigenvalue weighted by Gasteiger charge is 2.25. The van der Waals surface area contributed by atoms with Crippen molar-refractivity contribution in [1.29, 1.82) is 0 Å². The van der Waals surface area contributed by atoms with Gasteiger partial charge in [0, 0.05) is 6.42 Å². The van der Waals surface area contributed by atoms with Crippen molar-refractivity contribution in [3.05, 3.63) is 39.4 Å². The van der Waals surface area contributed by atoms with Crippen LogP contribution in [0.2, 0.25) is 0 Å². The first-order valence-electron chi connectivity index (χ1n) is 7.18. The molecule has 112 valence electrons. The van der Waals surface area contributed by atoms with Crippen molar-refractivity contribution in [2.24, 2.45) is 5.92 Å². The SMILES string of the molecule is Cc1cc2c(cc1C(=O)O)[nH]c(=O)c1nnc(CC3CC3)n12.